The lowest BCUT2D eigenvalue weighted by atomic mass is 11.9. The van der Waals surface area contributed by atoms with Crippen molar-refractivity contribution in [3.63, 3.8) is 0 Å². The molecule has 0 atom stereocenters. The van der Waals surface area contributed by atoms with E-state index in [-0.39, 0.29) is 0 Å². The Balaban J connectivity index is 4.19. The Kier molecular flexibility index (Phi) is 12.6. The predicted octanol–water partition coefficient (Wildman–Crippen LogP) is 3.90. The van der Waals surface area contributed by atoms with Crippen molar-refractivity contribution in [3.05, 3.63) is 0 Å². The molecule has 80 valence electrons. The van der Waals surface area contributed by atoms with Crippen molar-refractivity contribution < 1.29 is 0 Å². The molecule has 0 rings (SSSR count). The fraction of sp³-hybridized carbons (Fsp3) is 1.00. The van der Waals surface area contributed by atoms with Crippen LogP contribution >= 0.6 is 95.4 Å². The minimum atomic E-state index is -1.43. The summed E-state index contributed by atoms with van der Waals surface area (Å²) in [6.45, 7) is 0. The summed E-state index contributed by atoms with van der Waals surface area (Å²) in [4.78, 5) is 0. The van der Waals surface area contributed by atoms with Crippen LogP contribution in [0, 0.1) is 0 Å². The van der Waals surface area contributed by atoms with Crippen molar-refractivity contribution in [2.45, 2.75) is 0 Å². The van der Waals surface area contributed by atoms with E-state index >= 15 is 0 Å². The molecule has 0 fully saturated rings. The maximum atomic E-state index is 4.28. The zero-order valence-corrected chi connectivity index (χ0v) is 14.6. The molecule has 0 amide bonds. The van der Waals surface area contributed by atoms with E-state index < -0.39 is 4.67 Å². The molecule has 0 aromatic rings. The van der Waals surface area contributed by atoms with Gasteiger partial charge in [0.05, 0.1) is 0 Å². The lowest BCUT2D eigenvalue weighted by molar-refractivity contribution is 2.32. The summed E-state index contributed by atoms with van der Waals surface area (Å²) < 4.78 is -1.43. The van der Waals surface area contributed by atoms with Crippen molar-refractivity contribution in [2.75, 3.05) is 20.3 Å². The summed E-state index contributed by atoms with van der Waals surface area (Å²) in [6.07, 6.45) is 0. The van der Waals surface area contributed by atoms with Crippen molar-refractivity contribution in [1.82, 2.24) is 0 Å². The highest BCUT2D eigenvalue weighted by Crippen LogP contribution is 2.51. The Hall–Kier alpha value is 3.02. The quantitative estimate of drug-likeness (QED) is 0.299. The van der Waals surface area contributed by atoms with E-state index in [0.29, 0.717) is 0 Å². The summed E-state index contributed by atoms with van der Waals surface area (Å²) in [6, 6.07) is 0. The molecule has 0 aliphatic carbocycles. The van der Waals surface area contributed by atoms with Crippen LogP contribution in [0.25, 0.3) is 0 Å². The molecule has 9 heteroatoms. The second kappa shape index (κ2) is 10.2. The molecule has 0 aromatic carbocycles. The van der Waals surface area contributed by atoms with Gasteiger partial charge in [-0.2, -0.15) is 50.5 Å². The first-order chi connectivity index (χ1) is 6.24. The Morgan fingerprint density at radius 2 is 0.846 bits per heavy atom. The highest BCUT2D eigenvalue weighted by molar-refractivity contribution is 9.01. The van der Waals surface area contributed by atoms with E-state index in [1.165, 1.54) is 0 Å². The van der Waals surface area contributed by atoms with Crippen LogP contribution in [-0.2, 0) is 0 Å². The molecule has 0 saturated carbocycles. The minimum Gasteiger partial charge on any atom is -0.169 e. The molecule has 0 bridgehead atoms. The highest BCUT2D eigenvalue weighted by Gasteiger charge is 2.35. The van der Waals surface area contributed by atoms with E-state index in [4.69, 9.17) is 0 Å². The summed E-state index contributed by atoms with van der Waals surface area (Å²) in [5.74, 6) is 0. The van der Waals surface area contributed by atoms with E-state index in [9.17, 15) is 0 Å². The van der Waals surface area contributed by atoms with Gasteiger partial charge in [-0.3, -0.25) is 0 Å². The van der Waals surface area contributed by atoms with Crippen molar-refractivity contribution >= 4 is 100 Å². The lowest BCUT2D eigenvalue weighted by Crippen LogP contribution is -2.18. The Morgan fingerprint density at radius 3 is 1.00 bits per heavy atom. The highest BCUT2D eigenvalue weighted by atomic mass is 32.9. The number of hydrogen-bond acceptors (Lipinski definition) is 8. The Morgan fingerprint density at radius 1 is 0.615 bits per heavy atom. The van der Waals surface area contributed by atoms with Gasteiger partial charge < -0.3 is 0 Å². The predicted molar refractivity (Wildman–Crippen MR) is 91.5 cm³/mol. The molecule has 0 unspecified atom stereocenters. The fourth-order valence-electron chi connectivity index (χ4n) is 0.566. The molecule has 0 aliphatic heterocycles. The van der Waals surface area contributed by atoms with Crippen LogP contribution in [0.3, 0.4) is 0 Å². The molecule has 13 heavy (non-hydrogen) atoms. The van der Waals surface area contributed by atoms with Gasteiger partial charge in [0, 0.05) is 20.3 Å². The van der Waals surface area contributed by atoms with Gasteiger partial charge in [-0.15, -0.1) is 44.8 Å². The normalized spacial score (nSPS) is 12.0. The summed E-state index contributed by atoms with van der Waals surface area (Å²) >= 11 is 24.9. The third-order valence-corrected chi connectivity index (χ3v) is 26.1. The van der Waals surface area contributed by atoms with Crippen LogP contribution in [0.5, 0.6) is 0 Å². The lowest BCUT2D eigenvalue weighted by Gasteiger charge is -2.25. The third kappa shape index (κ3) is 7.04. The average Bonchev–Trinajstić information content (AvgIpc) is 2.06. The van der Waals surface area contributed by atoms with Gasteiger partial charge in [0.25, 0.3) is 0 Å². The van der Waals surface area contributed by atoms with Gasteiger partial charge in [-0.05, 0) is 0 Å². The molecule has 0 aliphatic rings. The van der Waals surface area contributed by atoms with E-state index in [1.54, 1.807) is 0 Å². The average molecular weight is 345 g/mol. The topological polar surface area (TPSA) is 0 Å². The van der Waals surface area contributed by atoms with Crippen LogP contribution in [0.15, 0.2) is 0 Å². The van der Waals surface area contributed by atoms with E-state index in [2.05, 4.69) is 50.5 Å². The molecular weight excluding hydrogens is 333 g/mol. The first kappa shape index (κ1) is 16.0. The summed E-state index contributed by atoms with van der Waals surface area (Å²) in [7, 11) is 0. The first-order valence-electron chi connectivity index (χ1n) is 3.24. The molecule has 0 N–H and O–H groups in total. The minimum absolute atomic E-state index is 0.870. The monoisotopic (exact) mass is 344 g/mol. The summed E-state index contributed by atoms with van der Waals surface area (Å²) in [5, 5.41) is 3.48. The molecule has 0 aromatic heterocycles. The molecule has 0 saturated heterocycles. The molecule has 0 nitrogen and oxygen atoms in total. The van der Waals surface area contributed by atoms with Gasteiger partial charge in [0.15, 0.2) is 0 Å². The fourth-order valence-corrected chi connectivity index (χ4v) is 32.4. The second-order valence-electron chi connectivity index (χ2n) is 1.59. The SMILES string of the molecule is SCS[Si](SCS)(SCS)SCS. The van der Waals surface area contributed by atoms with Crippen LogP contribution in [0.1, 0.15) is 0 Å². The van der Waals surface area contributed by atoms with Crippen LogP contribution < -0.4 is 0 Å². The van der Waals surface area contributed by atoms with Crippen molar-refractivity contribution in [3.8, 4) is 0 Å². The van der Waals surface area contributed by atoms with Crippen LogP contribution in [0.2, 0.25) is 0 Å². The maximum Gasteiger partial charge on any atom is 0.303 e. The second-order valence-corrected chi connectivity index (χ2v) is 23.3. The van der Waals surface area contributed by atoms with Gasteiger partial charge in [0.1, 0.15) is 0 Å². The van der Waals surface area contributed by atoms with Gasteiger partial charge in [-0.25, -0.2) is 0 Å². The number of hydrogen-bond donors (Lipinski definition) is 4. The van der Waals surface area contributed by atoms with Gasteiger partial charge >= 0.3 is 4.67 Å². The summed E-state index contributed by atoms with van der Waals surface area (Å²) in [5.41, 5.74) is 0. The van der Waals surface area contributed by atoms with Gasteiger partial charge in [-0.1, -0.05) is 0 Å². The number of rotatable bonds is 8. The van der Waals surface area contributed by atoms with Crippen LogP contribution in [0.4, 0.5) is 0 Å². The molecule has 0 radical (unpaired) electrons. The molecular formula is C4H12S8Si. The smallest absolute Gasteiger partial charge is 0.169 e. The largest absolute Gasteiger partial charge is 0.303 e. The van der Waals surface area contributed by atoms with E-state index in [1.807, 2.05) is 44.8 Å². The molecule has 0 heterocycles. The standard InChI is InChI=1S/C4H12S8Si/c5-1-9-13(10-2-6,11-3-7)12-4-8/h5-8H,1-4H2. The molecule has 0 spiro atoms. The van der Waals surface area contributed by atoms with Crippen LogP contribution in [-0.4, -0.2) is 25.0 Å². The van der Waals surface area contributed by atoms with Crippen molar-refractivity contribution in [1.29, 1.82) is 0 Å². The maximum absolute atomic E-state index is 4.28. The zero-order valence-electron chi connectivity index (χ0n) is 6.75. The third-order valence-electron chi connectivity index (χ3n) is 0.965. The van der Waals surface area contributed by atoms with E-state index in [0.717, 1.165) is 20.3 Å². The van der Waals surface area contributed by atoms with Gasteiger partial charge in [0.2, 0.25) is 0 Å². The Labute approximate surface area is 119 Å². The first-order valence-corrected chi connectivity index (χ1v) is 14.6. The Bertz CT molecular complexity index is 91.2. The number of thiol groups is 4. The zero-order chi connectivity index (χ0) is 10.2. The van der Waals surface area contributed by atoms with Crippen molar-refractivity contribution in [2.24, 2.45) is 0 Å².